The van der Waals surface area contributed by atoms with E-state index in [1.54, 1.807) is 33.3 Å². The van der Waals surface area contributed by atoms with Gasteiger partial charge in [-0.1, -0.05) is 13.8 Å². The van der Waals surface area contributed by atoms with Gasteiger partial charge in [0.1, 0.15) is 71.5 Å². The smallest absolute Gasteiger partial charge is 0.151 e. The van der Waals surface area contributed by atoms with Gasteiger partial charge in [-0.15, -0.1) is 0 Å². The molecule has 6 rings (SSSR count). The van der Waals surface area contributed by atoms with Crippen molar-refractivity contribution in [1.82, 2.24) is 29.2 Å². The number of hydrogen-bond acceptors (Lipinski definition) is 14. The highest BCUT2D eigenvalue weighted by Crippen LogP contribution is 2.44. The second-order valence-corrected chi connectivity index (χ2v) is 10.4. The molecule has 42 heavy (non-hydrogen) atoms. The summed E-state index contributed by atoms with van der Waals surface area (Å²) in [4.78, 5) is 7.83. The number of anilines is 2. The second-order valence-electron chi connectivity index (χ2n) is 10.4. The van der Waals surface area contributed by atoms with Gasteiger partial charge in [0.15, 0.2) is 11.6 Å². The molecule has 228 valence electrons. The molecule has 6 heterocycles. The molecule has 4 aromatic heterocycles. The van der Waals surface area contributed by atoms with E-state index >= 15 is 0 Å². The molecule has 2 fully saturated rings. The van der Waals surface area contributed by atoms with Crippen LogP contribution in [0.15, 0.2) is 36.9 Å². The fourth-order valence-electron chi connectivity index (χ4n) is 5.99. The van der Waals surface area contributed by atoms with Crippen LogP contribution in [0.3, 0.4) is 0 Å². The summed E-state index contributed by atoms with van der Waals surface area (Å²) < 4.78 is 14.7. The number of hydrogen-bond donors (Lipinski definition) is 8. The highest BCUT2D eigenvalue weighted by Gasteiger charge is 2.56. The zero-order valence-corrected chi connectivity index (χ0v) is 23.1. The molecule has 0 saturated carbocycles. The predicted octanol–water partition coefficient (Wildman–Crippen LogP) is -1.94. The van der Waals surface area contributed by atoms with Gasteiger partial charge >= 0.3 is 0 Å². The molecule has 0 radical (unpaired) electrons. The Balaban J connectivity index is 0.000000168. The van der Waals surface area contributed by atoms with E-state index < -0.39 is 47.8 Å². The molecule has 8 atom stereocenters. The predicted molar refractivity (Wildman–Crippen MR) is 147 cm³/mol. The van der Waals surface area contributed by atoms with Crippen LogP contribution in [0.2, 0.25) is 0 Å². The van der Waals surface area contributed by atoms with Crippen LogP contribution >= 0.6 is 0 Å². The molecule has 4 aromatic rings. The van der Waals surface area contributed by atoms with Crippen LogP contribution in [0.4, 0.5) is 11.6 Å². The Morgan fingerprint density at radius 1 is 0.714 bits per heavy atom. The zero-order valence-electron chi connectivity index (χ0n) is 23.1. The van der Waals surface area contributed by atoms with Crippen molar-refractivity contribution in [2.45, 2.75) is 74.5 Å². The van der Waals surface area contributed by atoms with Crippen LogP contribution in [-0.4, -0.2) is 110 Å². The van der Waals surface area contributed by atoms with Gasteiger partial charge in [-0.05, 0) is 37.1 Å². The number of nitrogens with zero attached hydrogens (tertiary/aromatic N) is 6. The highest BCUT2D eigenvalue weighted by molar-refractivity contribution is 5.66. The van der Waals surface area contributed by atoms with E-state index in [9.17, 15) is 30.6 Å². The van der Waals surface area contributed by atoms with Gasteiger partial charge in [-0.3, -0.25) is 0 Å². The largest absolute Gasteiger partial charge is 0.394 e. The van der Waals surface area contributed by atoms with Gasteiger partial charge in [0.2, 0.25) is 0 Å². The minimum atomic E-state index is -1.17. The molecule has 0 aliphatic carbocycles. The summed E-state index contributed by atoms with van der Waals surface area (Å²) >= 11 is 0. The number of aromatic nitrogens is 6. The molecule has 16 nitrogen and oxygen atoms in total. The molecule has 0 aromatic carbocycles. The maximum Gasteiger partial charge on any atom is 0.151 e. The van der Waals surface area contributed by atoms with Crippen LogP contribution in [0, 0.1) is 0 Å². The van der Waals surface area contributed by atoms with E-state index in [4.69, 9.17) is 20.9 Å². The average molecular weight is 589 g/mol. The highest BCUT2D eigenvalue weighted by atomic mass is 16.6. The van der Waals surface area contributed by atoms with Gasteiger partial charge in [0.05, 0.1) is 24.6 Å². The molecule has 0 spiro atoms. The molecule has 2 unspecified atom stereocenters. The normalized spacial score (nSPS) is 32.9. The summed E-state index contributed by atoms with van der Waals surface area (Å²) in [5.74, 6) is 0.628. The fourth-order valence-corrected chi connectivity index (χ4v) is 5.99. The summed E-state index contributed by atoms with van der Waals surface area (Å²) in [5.41, 5.74) is 11.6. The molecule has 10 N–H and O–H groups in total. The molecule has 2 aliphatic heterocycles. The van der Waals surface area contributed by atoms with Crippen molar-refractivity contribution in [2.75, 3.05) is 24.7 Å². The van der Waals surface area contributed by atoms with Crippen LogP contribution < -0.4 is 11.5 Å². The number of rotatable bonds is 6. The molecule has 2 aliphatic rings. The first kappa shape index (κ1) is 30.0. The lowest BCUT2D eigenvalue weighted by Crippen LogP contribution is -2.41. The number of ether oxygens (including phenoxy) is 2. The van der Waals surface area contributed by atoms with Crippen LogP contribution in [-0.2, 0) is 20.7 Å². The van der Waals surface area contributed by atoms with Gasteiger partial charge in [-0.25, -0.2) is 19.0 Å². The Kier molecular flexibility index (Phi) is 8.08. The molecular formula is C26H36N8O8. The van der Waals surface area contributed by atoms with Crippen molar-refractivity contribution in [2.24, 2.45) is 0 Å². The maximum atomic E-state index is 10.4. The average Bonchev–Trinajstić information content (AvgIpc) is 3.75. The minimum absolute atomic E-state index is 0.314. The Morgan fingerprint density at radius 3 is 1.40 bits per heavy atom. The van der Waals surface area contributed by atoms with Crippen molar-refractivity contribution in [3.8, 4) is 0 Å². The minimum Gasteiger partial charge on any atom is -0.394 e. The van der Waals surface area contributed by atoms with Crippen LogP contribution in [0.1, 0.15) is 38.1 Å². The van der Waals surface area contributed by atoms with Crippen LogP contribution in [0.5, 0.6) is 0 Å². The second kappa shape index (κ2) is 11.3. The SMILES string of the molecule is CC[C@@]1(c2ccc3c(N)ncnn23)O[C@H](CO)C(O)[C@@H]1O.CC[C@]1(c2ccc3c(N)ncnn23)O[C@H](CO)C(O)[C@@H]1O. The first-order valence-corrected chi connectivity index (χ1v) is 13.6. The fraction of sp³-hybridized carbons (Fsp3) is 0.538. The monoisotopic (exact) mass is 588 g/mol. The Bertz CT molecular complexity index is 1440. The summed E-state index contributed by atoms with van der Waals surface area (Å²) in [5, 5.41) is 67.8. The summed E-state index contributed by atoms with van der Waals surface area (Å²) in [7, 11) is 0. The standard InChI is InChI=1S/2C13H18N4O4/c2*1-2-13(11(20)10(19)8(5-18)21-13)9-4-3-7-12(14)15-6-16-17(7)9/h2*3-4,6,8,10-11,18-20H,2,5H2,1H3,(H2,14,15,16)/t8-,10?,11+,13+;8-,10?,11+,13-/m11/s1. The first-order chi connectivity index (χ1) is 20.1. The van der Waals surface area contributed by atoms with Crippen molar-refractivity contribution in [3.05, 3.63) is 48.3 Å². The molecule has 2 saturated heterocycles. The number of fused-ring (bicyclic) bond motifs is 2. The lowest BCUT2D eigenvalue weighted by atomic mass is 9.88. The molecule has 0 amide bonds. The number of aliphatic hydroxyl groups is 6. The third kappa shape index (κ3) is 4.38. The topological polar surface area (TPSA) is 252 Å². The van der Waals surface area contributed by atoms with Crippen molar-refractivity contribution >= 4 is 22.7 Å². The van der Waals surface area contributed by atoms with E-state index in [2.05, 4.69) is 20.2 Å². The summed E-state index contributed by atoms with van der Waals surface area (Å²) in [6, 6.07) is 6.94. The number of aliphatic hydroxyl groups excluding tert-OH is 6. The molecule has 16 heteroatoms. The molecular weight excluding hydrogens is 552 g/mol. The van der Waals surface area contributed by atoms with Crippen molar-refractivity contribution < 1.29 is 40.1 Å². The van der Waals surface area contributed by atoms with E-state index in [1.165, 1.54) is 12.7 Å². The van der Waals surface area contributed by atoms with E-state index in [-0.39, 0.29) is 13.2 Å². The zero-order chi connectivity index (χ0) is 30.4. The van der Waals surface area contributed by atoms with Gasteiger partial charge in [0.25, 0.3) is 0 Å². The van der Waals surface area contributed by atoms with Crippen LogP contribution in [0.25, 0.3) is 11.0 Å². The van der Waals surface area contributed by atoms with Crippen molar-refractivity contribution in [3.63, 3.8) is 0 Å². The lowest BCUT2D eigenvalue weighted by Gasteiger charge is -2.30. The Labute approximate surface area is 239 Å². The summed E-state index contributed by atoms with van der Waals surface area (Å²) in [6.45, 7) is 2.92. The lowest BCUT2D eigenvalue weighted by molar-refractivity contribution is -0.104. The van der Waals surface area contributed by atoms with E-state index in [0.717, 1.165) is 0 Å². The van der Waals surface area contributed by atoms with Crippen molar-refractivity contribution in [1.29, 1.82) is 0 Å². The van der Waals surface area contributed by atoms with Gasteiger partial charge in [-0.2, -0.15) is 10.2 Å². The quantitative estimate of drug-likeness (QED) is 0.122. The maximum absolute atomic E-state index is 10.4. The third-order valence-electron chi connectivity index (χ3n) is 8.33. The van der Waals surface area contributed by atoms with Gasteiger partial charge < -0.3 is 51.6 Å². The first-order valence-electron chi connectivity index (χ1n) is 13.6. The van der Waals surface area contributed by atoms with Gasteiger partial charge in [0, 0.05) is 0 Å². The number of nitrogens with two attached hydrogens (primary N) is 2. The summed E-state index contributed by atoms with van der Waals surface area (Å²) in [6.07, 6.45) is -2.93. The molecule has 0 bridgehead atoms. The van der Waals surface area contributed by atoms with E-state index in [1.807, 2.05) is 13.8 Å². The van der Waals surface area contributed by atoms with E-state index in [0.29, 0.717) is 46.9 Å². The number of nitrogen functional groups attached to an aromatic ring is 2. The Morgan fingerprint density at radius 2 is 1.10 bits per heavy atom. The Hall–Kier alpha value is -3.48. The third-order valence-corrected chi connectivity index (χ3v) is 8.33.